The maximum Gasteiger partial charge on any atom is 0.345 e. The monoisotopic (exact) mass is 241 g/mol. The number of nitrogens with one attached hydrogen (secondary N) is 1. The van der Waals surface area contributed by atoms with Gasteiger partial charge < -0.3 is 15.2 Å². The fraction of sp³-hybridized carbons (Fsp3) is 0.273. The molecule has 0 aliphatic carbocycles. The van der Waals surface area contributed by atoms with Crippen LogP contribution in [0.1, 0.15) is 6.92 Å². The summed E-state index contributed by atoms with van der Waals surface area (Å²) in [4.78, 5) is 22.6. The zero-order chi connectivity index (χ0) is 13.1. The van der Waals surface area contributed by atoms with Crippen LogP contribution in [0, 0.1) is 5.82 Å². The number of rotatable bonds is 4. The molecule has 0 aliphatic rings. The summed E-state index contributed by atoms with van der Waals surface area (Å²) in [5.41, 5.74) is -1.84. The van der Waals surface area contributed by atoms with E-state index in [1.54, 1.807) is 0 Å². The van der Waals surface area contributed by atoms with Crippen LogP contribution >= 0.6 is 0 Å². The standard InChI is InChI=1S/C11H12FNO4/c1-11(17-2,10(15)16)9(14)13-8-5-3-4-7(12)6-8/h3-6H,1-2H3,(H,13,14)(H,15,16). The lowest BCUT2D eigenvalue weighted by Crippen LogP contribution is -2.48. The maximum atomic E-state index is 12.9. The number of benzene rings is 1. The summed E-state index contributed by atoms with van der Waals surface area (Å²) in [5.74, 6) is -2.83. The third-order valence-corrected chi connectivity index (χ3v) is 2.33. The number of hydrogen-bond acceptors (Lipinski definition) is 3. The molecule has 5 nitrogen and oxygen atoms in total. The molecule has 1 unspecified atom stereocenters. The van der Waals surface area contributed by atoms with Gasteiger partial charge in [-0.15, -0.1) is 0 Å². The van der Waals surface area contributed by atoms with Crippen LogP contribution < -0.4 is 5.32 Å². The van der Waals surface area contributed by atoms with Crippen molar-refractivity contribution in [2.45, 2.75) is 12.5 Å². The van der Waals surface area contributed by atoms with Crippen molar-refractivity contribution in [3.8, 4) is 0 Å². The Morgan fingerprint density at radius 1 is 1.47 bits per heavy atom. The number of methoxy groups -OCH3 is 1. The first kappa shape index (κ1) is 13.1. The van der Waals surface area contributed by atoms with Gasteiger partial charge in [0.05, 0.1) is 0 Å². The summed E-state index contributed by atoms with van der Waals surface area (Å²) < 4.78 is 17.5. The van der Waals surface area contributed by atoms with E-state index in [9.17, 15) is 14.0 Å². The fourth-order valence-electron chi connectivity index (χ4n) is 1.09. The number of carbonyl (C=O) groups excluding carboxylic acids is 1. The highest BCUT2D eigenvalue weighted by Crippen LogP contribution is 2.15. The summed E-state index contributed by atoms with van der Waals surface area (Å²) in [5, 5.41) is 11.1. The lowest BCUT2D eigenvalue weighted by Gasteiger charge is -2.21. The van der Waals surface area contributed by atoms with Crippen molar-refractivity contribution < 1.29 is 23.8 Å². The predicted molar refractivity (Wildman–Crippen MR) is 58.1 cm³/mol. The molecule has 1 aromatic carbocycles. The van der Waals surface area contributed by atoms with Gasteiger partial charge in [0.15, 0.2) is 0 Å². The molecule has 92 valence electrons. The average Bonchev–Trinajstić information content (AvgIpc) is 2.27. The molecule has 1 aromatic rings. The van der Waals surface area contributed by atoms with E-state index in [2.05, 4.69) is 10.1 Å². The number of carbonyl (C=O) groups is 2. The Balaban J connectivity index is 2.89. The Hall–Kier alpha value is -1.95. The van der Waals surface area contributed by atoms with Crippen LogP contribution in [0.25, 0.3) is 0 Å². The van der Waals surface area contributed by atoms with Gasteiger partial charge in [-0.3, -0.25) is 4.79 Å². The van der Waals surface area contributed by atoms with Gasteiger partial charge in [0.1, 0.15) is 5.82 Å². The van der Waals surface area contributed by atoms with Crippen LogP contribution in [0.5, 0.6) is 0 Å². The lowest BCUT2D eigenvalue weighted by atomic mass is 10.1. The minimum atomic E-state index is -2.01. The molecule has 17 heavy (non-hydrogen) atoms. The SMILES string of the molecule is COC(C)(C(=O)O)C(=O)Nc1cccc(F)c1. The molecule has 1 atom stereocenters. The highest BCUT2D eigenvalue weighted by atomic mass is 19.1. The van der Waals surface area contributed by atoms with Crippen molar-refractivity contribution in [1.82, 2.24) is 0 Å². The van der Waals surface area contributed by atoms with E-state index in [1.165, 1.54) is 18.2 Å². The lowest BCUT2D eigenvalue weighted by molar-refractivity contribution is -0.165. The molecule has 0 bridgehead atoms. The maximum absolute atomic E-state index is 12.9. The van der Waals surface area contributed by atoms with E-state index in [4.69, 9.17) is 5.11 Å². The highest BCUT2D eigenvalue weighted by molar-refractivity contribution is 6.11. The first-order chi connectivity index (χ1) is 7.90. The van der Waals surface area contributed by atoms with Crippen LogP contribution in [-0.4, -0.2) is 29.7 Å². The van der Waals surface area contributed by atoms with E-state index in [0.29, 0.717) is 0 Å². The van der Waals surface area contributed by atoms with Gasteiger partial charge in [0.25, 0.3) is 5.91 Å². The molecule has 0 radical (unpaired) electrons. The molecule has 0 aromatic heterocycles. The zero-order valence-corrected chi connectivity index (χ0v) is 9.36. The highest BCUT2D eigenvalue weighted by Gasteiger charge is 2.41. The van der Waals surface area contributed by atoms with E-state index < -0.39 is 23.3 Å². The van der Waals surface area contributed by atoms with Gasteiger partial charge in [-0.25, -0.2) is 9.18 Å². The van der Waals surface area contributed by atoms with Gasteiger partial charge in [-0.05, 0) is 25.1 Å². The van der Waals surface area contributed by atoms with Crippen molar-refractivity contribution in [2.24, 2.45) is 0 Å². The molecule has 6 heteroatoms. The third kappa shape index (κ3) is 2.79. The molecular formula is C11H12FNO4. The molecule has 0 heterocycles. The summed E-state index contributed by atoms with van der Waals surface area (Å²) in [6, 6.07) is 5.13. The molecule has 1 amide bonds. The number of anilines is 1. The quantitative estimate of drug-likeness (QED) is 0.778. The van der Waals surface area contributed by atoms with E-state index in [-0.39, 0.29) is 5.69 Å². The number of aliphatic carboxylic acids is 1. The number of carboxylic acids is 1. The molecule has 0 fully saturated rings. The predicted octanol–water partition coefficient (Wildman–Crippen LogP) is 1.25. The van der Waals surface area contributed by atoms with E-state index in [1.807, 2.05) is 0 Å². The van der Waals surface area contributed by atoms with Gasteiger partial charge in [0, 0.05) is 12.8 Å². The third-order valence-electron chi connectivity index (χ3n) is 2.33. The topological polar surface area (TPSA) is 75.6 Å². The van der Waals surface area contributed by atoms with Gasteiger partial charge in [-0.2, -0.15) is 0 Å². The van der Waals surface area contributed by atoms with Gasteiger partial charge in [0.2, 0.25) is 5.60 Å². The summed E-state index contributed by atoms with van der Waals surface area (Å²) in [7, 11) is 1.11. The largest absolute Gasteiger partial charge is 0.479 e. The smallest absolute Gasteiger partial charge is 0.345 e. The second kappa shape index (κ2) is 4.92. The number of ether oxygens (including phenoxy) is 1. The first-order valence-electron chi connectivity index (χ1n) is 4.75. The number of hydrogen-bond donors (Lipinski definition) is 2. The minimum absolute atomic E-state index is 0.166. The molecule has 0 saturated carbocycles. The summed E-state index contributed by atoms with van der Waals surface area (Å²) in [6.45, 7) is 1.12. The van der Waals surface area contributed by atoms with Gasteiger partial charge >= 0.3 is 5.97 Å². The zero-order valence-electron chi connectivity index (χ0n) is 9.36. The second-order valence-corrected chi connectivity index (χ2v) is 3.51. The molecule has 0 aliphatic heterocycles. The van der Waals surface area contributed by atoms with Crippen molar-refractivity contribution in [3.05, 3.63) is 30.1 Å². The summed E-state index contributed by atoms with van der Waals surface area (Å²) >= 11 is 0. The molecule has 1 rings (SSSR count). The number of carboxylic acid groups (broad SMARTS) is 1. The average molecular weight is 241 g/mol. The van der Waals surface area contributed by atoms with Crippen LogP contribution in [-0.2, 0) is 14.3 Å². The van der Waals surface area contributed by atoms with E-state index >= 15 is 0 Å². The Morgan fingerprint density at radius 3 is 2.59 bits per heavy atom. The number of amides is 1. The first-order valence-corrected chi connectivity index (χ1v) is 4.75. The van der Waals surface area contributed by atoms with Crippen molar-refractivity contribution >= 4 is 17.6 Å². The Morgan fingerprint density at radius 2 is 2.12 bits per heavy atom. The van der Waals surface area contributed by atoms with Crippen molar-refractivity contribution in [3.63, 3.8) is 0 Å². The Labute approximate surface area is 97.2 Å². The fourth-order valence-corrected chi connectivity index (χ4v) is 1.09. The van der Waals surface area contributed by atoms with Crippen LogP contribution in [0.2, 0.25) is 0 Å². The van der Waals surface area contributed by atoms with Crippen LogP contribution in [0.15, 0.2) is 24.3 Å². The molecular weight excluding hydrogens is 229 g/mol. The minimum Gasteiger partial charge on any atom is -0.479 e. The molecule has 0 spiro atoms. The molecule has 2 N–H and O–H groups in total. The normalized spacial score (nSPS) is 13.8. The van der Waals surface area contributed by atoms with Crippen molar-refractivity contribution in [1.29, 1.82) is 0 Å². The van der Waals surface area contributed by atoms with Crippen LogP contribution in [0.4, 0.5) is 10.1 Å². The van der Waals surface area contributed by atoms with Crippen LogP contribution in [0.3, 0.4) is 0 Å². The second-order valence-electron chi connectivity index (χ2n) is 3.51. The number of halogens is 1. The van der Waals surface area contributed by atoms with E-state index in [0.717, 1.165) is 20.1 Å². The van der Waals surface area contributed by atoms with Crippen molar-refractivity contribution in [2.75, 3.05) is 12.4 Å². The van der Waals surface area contributed by atoms with Gasteiger partial charge in [-0.1, -0.05) is 6.07 Å². The Kier molecular flexibility index (Phi) is 3.80. The Bertz CT molecular complexity index is 449. The molecule has 0 saturated heterocycles. The summed E-state index contributed by atoms with van der Waals surface area (Å²) in [6.07, 6.45) is 0.